The summed E-state index contributed by atoms with van der Waals surface area (Å²) < 4.78 is 34.5. The number of hydrogen-bond acceptors (Lipinski definition) is 4. The molecule has 1 fully saturated rings. The molecule has 2 aromatic rings. The Kier molecular flexibility index (Phi) is 5.43. The van der Waals surface area contributed by atoms with E-state index in [9.17, 15) is 8.42 Å². The SMILES string of the molecule is COCC1CCCN(S(=O)(=O)NCc2nc3cc(C)c(C)cc3[nH]2)C1. The van der Waals surface area contributed by atoms with Gasteiger partial charge in [0.15, 0.2) is 0 Å². The maximum absolute atomic E-state index is 12.6. The van der Waals surface area contributed by atoms with E-state index in [1.807, 2.05) is 26.0 Å². The molecule has 1 atom stereocenters. The molecule has 25 heavy (non-hydrogen) atoms. The first-order chi connectivity index (χ1) is 11.9. The smallest absolute Gasteiger partial charge is 0.279 e. The lowest BCUT2D eigenvalue weighted by atomic mass is 10.0. The number of nitrogens with one attached hydrogen (secondary N) is 2. The van der Waals surface area contributed by atoms with Gasteiger partial charge in [-0.15, -0.1) is 0 Å². The molecule has 0 radical (unpaired) electrons. The van der Waals surface area contributed by atoms with Gasteiger partial charge < -0.3 is 9.72 Å². The first kappa shape index (κ1) is 18.3. The largest absolute Gasteiger partial charge is 0.384 e. The third-order valence-electron chi connectivity index (χ3n) is 4.79. The molecule has 1 aliphatic rings. The van der Waals surface area contributed by atoms with Crippen LogP contribution in [-0.4, -0.2) is 49.5 Å². The molecule has 1 unspecified atom stereocenters. The summed E-state index contributed by atoms with van der Waals surface area (Å²) in [5.41, 5.74) is 4.13. The Labute approximate surface area is 149 Å². The van der Waals surface area contributed by atoms with Crippen LogP contribution in [0.3, 0.4) is 0 Å². The van der Waals surface area contributed by atoms with Gasteiger partial charge in [0, 0.05) is 20.2 Å². The molecule has 2 N–H and O–H groups in total. The van der Waals surface area contributed by atoms with Crippen molar-refractivity contribution in [1.29, 1.82) is 0 Å². The van der Waals surface area contributed by atoms with Crippen LogP contribution >= 0.6 is 0 Å². The van der Waals surface area contributed by atoms with E-state index in [0.717, 1.165) is 23.9 Å². The topological polar surface area (TPSA) is 87.3 Å². The number of hydrogen-bond donors (Lipinski definition) is 2. The summed E-state index contributed by atoms with van der Waals surface area (Å²) in [6, 6.07) is 4.05. The first-order valence-corrected chi connectivity index (χ1v) is 10.0. The fourth-order valence-corrected chi connectivity index (χ4v) is 4.55. The van der Waals surface area contributed by atoms with Crippen LogP contribution in [0.1, 0.15) is 29.8 Å². The van der Waals surface area contributed by atoms with Gasteiger partial charge in [0.2, 0.25) is 0 Å². The maximum atomic E-state index is 12.6. The quantitative estimate of drug-likeness (QED) is 0.817. The molecule has 0 bridgehead atoms. The molecule has 2 heterocycles. The average molecular weight is 366 g/mol. The predicted octanol–water partition coefficient (Wildman–Crippen LogP) is 1.87. The van der Waals surface area contributed by atoms with Crippen LogP contribution in [0.25, 0.3) is 11.0 Å². The van der Waals surface area contributed by atoms with Gasteiger partial charge in [0.1, 0.15) is 5.82 Å². The highest BCUT2D eigenvalue weighted by Gasteiger charge is 2.28. The van der Waals surface area contributed by atoms with E-state index in [4.69, 9.17) is 4.74 Å². The van der Waals surface area contributed by atoms with Crippen LogP contribution in [-0.2, 0) is 21.5 Å². The van der Waals surface area contributed by atoms with Crippen LogP contribution in [0, 0.1) is 19.8 Å². The van der Waals surface area contributed by atoms with Crippen molar-refractivity contribution in [3.8, 4) is 0 Å². The number of aryl methyl sites for hydroxylation is 2. The number of rotatable bonds is 6. The van der Waals surface area contributed by atoms with Crippen molar-refractivity contribution in [2.24, 2.45) is 5.92 Å². The van der Waals surface area contributed by atoms with Gasteiger partial charge in [-0.3, -0.25) is 0 Å². The van der Waals surface area contributed by atoms with Gasteiger partial charge in [0.05, 0.1) is 24.2 Å². The number of imidazole rings is 1. The molecule has 7 nitrogen and oxygen atoms in total. The number of piperidine rings is 1. The highest BCUT2D eigenvalue weighted by atomic mass is 32.2. The minimum Gasteiger partial charge on any atom is -0.384 e. The van der Waals surface area contributed by atoms with Crippen molar-refractivity contribution >= 4 is 21.2 Å². The second-order valence-corrected chi connectivity index (χ2v) is 8.54. The Bertz CT molecular complexity index is 806. The summed E-state index contributed by atoms with van der Waals surface area (Å²) in [4.78, 5) is 7.68. The van der Waals surface area contributed by atoms with Crippen molar-refractivity contribution in [1.82, 2.24) is 19.0 Å². The molecule has 0 saturated carbocycles. The van der Waals surface area contributed by atoms with Crippen molar-refractivity contribution in [3.05, 3.63) is 29.1 Å². The van der Waals surface area contributed by atoms with Crippen LogP contribution in [0.5, 0.6) is 0 Å². The first-order valence-electron chi connectivity index (χ1n) is 8.58. The number of aromatic amines is 1. The van der Waals surface area contributed by atoms with Crippen LogP contribution < -0.4 is 4.72 Å². The van der Waals surface area contributed by atoms with Crippen LogP contribution in [0.15, 0.2) is 12.1 Å². The summed E-state index contributed by atoms with van der Waals surface area (Å²) in [7, 11) is -1.87. The lowest BCUT2D eigenvalue weighted by Crippen LogP contribution is -2.46. The molecule has 1 aromatic heterocycles. The highest BCUT2D eigenvalue weighted by molar-refractivity contribution is 7.87. The molecule has 1 aromatic carbocycles. The molecule has 8 heteroatoms. The number of methoxy groups -OCH3 is 1. The molecule has 0 amide bonds. The summed E-state index contributed by atoms with van der Waals surface area (Å²) >= 11 is 0. The number of nitrogens with zero attached hydrogens (tertiary/aromatic N) is 2. The number of fused-ring (bicyclic) bond motifs is 1. The van der Waals surface area contributed by atoms with Gasteiger partial charge in [-0.1, -0.05) is 0 Å². The molecular weight excluding hydrogens is 340 g/mol. The Hall–Kier alpha value is -1.48. The van der Waals surface area contributed by atoms with Gasteiger partial charge in [-0.2, -0.15) is 17.4 Å². The molecule has 0 spiro atoms. The zero-order valence-corrected chi connectivity index (χ0v) is 15.8. The lowest BCUT2D eigenvalue weighted by molar-refractivity contribution is 0.118. The fraction of sp³-hybridized carbons (Fsp3) is 0.588. The van der Waals surface area contributed by atoms with E-state index in [-0.39, 0.29) is 12.5 Å². The van der Waals surface area contributed by atoms with E-state index >= 15 is 0 Å². The maximum Gasteiger partial charge on any atom is 0.279 e. The minimum absolute atomic E-state index is 0.153. The third kappa shape index (κ3) is 4.20. The zero-order chi connectivity index (χ0) is 18.0. The Morgan fingerprint density at radius 1 is 1.36 bits per heavy atom. The summed E-state index contributed by atoms with van der Waals surface area (Å²) in [5, 5.41) is 0. The summed E-state index contributed by atoms with van der Waals surface area (Å²) in [6.45, 7) is 5.88. The number of benzene rings is 1. The second kappa shape index (κ2) is 7.41. The molecule has 3 rings (SSSR count). The summed E-state index contributed by atoms with van der Waals surface area (Å²) in [5.74, 6) is 0.876. The van der Waals surface area contributed by atoms with Gasteiger partial charge >= 0.3 is 0 Å². The van der Waals surface area contributed by atoms with E-state index in [2.05, 4.69) is 14.7 Å². The Morgan fingerprint density at radius 2 is 2.12 bits per heavy atom. The van der Waals surface area contributed by atoms with E-state index in [1.54, 1.807) is 7.11 Å². The normalized spacial score (nSPS) is 19.6. The number of aromatic nitrogens is 2. The average Bonchev–Trinajstić information content (AvgIpc) is 2.96. The van der Waals surface area contributed by atoms with Gasteiger partial charge in [0.25, 0.3) is 10.2 Å². The van der Waals surface area contributed by atoms with Gasteiger partial charge in [-0.25, -0.2) is 4.98 Å². The zero-order valence-electron chi connectivity index (χ0n) is 15.0. The van der Waals surface area contributed by atoms with E-state index < -0.39 is 10.2 Å². The molecule has 0 aliphatic carbocycles. The molecular formula is C17H26N4O3S. The van der Waals surface area contributed by atoms with Crippen molar-refractivity contribution in [2.75, 3.05) is 26.8 Å². The van der Waals surface area contributed by atoms with Crippen LogP contribution in [0.2, 0.25) is 0 Å². The standard InChI is InChI=1S/C17H26N4O3S/c1-12-7-15-16(8-13(12)2)20-17(19-15)9-18-25(22,23)21-6-4-5-14(10-21)11-24-3/h7-8,14,18H,4-6,9-11H2,1-3H3,(H,19,20). The van der Waals surface area contributed by atoms with Crippen molar-refractivity contribution in [2.45, 2.75) is 33.2 Å². The van der Waals surface area contributed by atoms with Crippen molar-refractivity contribution in [3.63, 3.8) is 0 Å². The van der Waals surface area contributed by atoms with Gasteiger partial charge in [-0.05, 0) is 55.9 Å². The Balaban J connectivity index is 1.67. The predicted molar refractivity (Wildman–Crippen MR) is 97.5 cm³/mol. The third-order valence-corrected chi connectivity index (χ3v) is 6.31. The molecule has 1 saturated heterocycles. The van der Waals surface area contributed by atoms with Crippen molar-refractivity contribution < 1.29 is 13.2 Å². The monoisotopic (exact) mass is 366 g/mol. The van der Waals surface area contributed by atoms with Crippen LogP contribution in [0.4, 0.5) is 0 Å². The summed E-state index contributed by atoms with van der Waals surface area (Å²) in [6.07, 6.45) is 1.86. The molecule has 138 valence electrons. The van der Waals surface area contributed by atoms with E-state index in [0.29, 0.717) is 25.5 Å². The molecule has 1 aliphatic heterocycles. The second-order valence-electron chi connectivity index (χ2n) is 6.78. The number of H-pyrrole nitrogens is 1. The highest BCUT2D eigenvalue weighted by Crippen LogP contribution is 2.20. The minimum atomic E-state index is -3.52. The lowest BCUT2D eigenvalue weighted by Gasteiger charge is -2.31. The Morgan fingerprint density at radius 3 is 2.88 bits per heavy atom. The number of ether oxygens (including phenoxy) is 1. The fourth-order valence-electron chi connectivity index (χ4n) is 3.27. The van der Waals surface area contributed by atoms with E-state index in [1.165, 1.54) is 15.4 Å².